The molecule has 1 heterocycles. The van der Waals surface area contributed by atoms with Crippen molar-refractivity contribution < 1.29 is 4.79 Å². The zero-order valence-electron chi connectivity index (χ0n) is 11.8. The van der Waals surface area contributed by atoms with Crippen molar-refractivity contribution >= 4 is 33.5 Å². The van der Waals surface area contributed by atoms with Gasteiger partial charge in [-0.25, -0.2) is 0 Å². The third kappa shape index (κ3) is 4.82. The quantitative estimate of drug-likeness (QED) is 0.840. The van der Waals surface area contributed by atoms with Crippen LogP contribution in [0.25, 0.3) is 0 Å². The van der Waals surface area contributed by atoms with E-state index in [9.17, 15) is 4.79 Å². The summed E-state index contributed by atoms with van der Waals surface area (Å²) in [5.41, 5.74) is 0.934. The molecule has 0 bridgehead atoms. The van der Waals surface area contributed by atoms with Gasteiger partial charge in [0.25, 0.3) is 0 Å². The lowest BCUT2D eigenvalue weighted by molar-refractivity contribution is -0.115. The molecule has 5 nitrogen and oxygen atoms in total. The maximum absolute atomic E-state index is 12.0. The number of anilines is 2. The van der Waals surface area contributed by atoms with Gasteiger partial charge in [-0.3, -0.25) is 4.79 Å². The summed E-state index contributed by atoms with van der Waals surface area (Å²) in [6.45, 7) is 2.93. The highest BCUT2D eigenvalue weighted by Gasteiger charge is 2.07. The van der Waals surface area contributed by atoms with Crippen molar-refractivity contribution in [1.82, 2.24) is 10.2 Å². The maximum atomic E-state index is 12.0. The van der Waals surface area contributed by atoms with Gasteiger partial charge in [-0.1, -0.05) is 41.1 Å². The fourth-order valence-corrected chi connectivity index (χ4v) is 2.17. The number of aromatic nitrogens is 2. The molecule has 21 heavy (non-hydrogen) atoms. The van der Waals surface area contributed by atoms with E-state index in [-0.39, 0.29) is 5.91 Å². The molecule has 1 aromatic heterocycles. The molecule has 2 N–H and O–H groups in total. The molecule has 1 aromatic carbocycles. The van der Waals surface area contributed by atoms with E-state index < -0.39 is 0 Å². The summed E-state index contributed by atoms with van der Waals surface area (Å²) < 4.78 is 0.922. The van der Waals surface area contributed by atoms with E-state index >= 15 is 0 Å². The van der Waals surface area contributed by atoms with Crippen LogP contribution in [0.3, 0.4) is 0 Å². The van der Waals surface area contributed by atoms with Crippen molar-refractivity contribution in [2.45, 2.75) is 19.8 Å². The largest absolute Gasteiger partial charge is 0.369 e. The Balaban J connectivity index is 1.92. The third-order valence-electron chi connectivity index (χ3n) is 2.80. The number of hydrogen-bond acceptors (Lipinski definition) is 4. The molecule has 0 aliphatic heterocycles. The summed E-state index contributed by atoms with van der Waals surface area (Å²) in [5, 5.41) is 13.9. The van der Waals surface area contributed by atoms with Crippen LogP contribution >= 0.6 is 15.9 Å². The molecule has 110 valence electrons. The normalized spacial score (nSPS) is 10.2. The summed E-state index contributed by atoms with van der Waals surface area (Å²) in [5.74, 6) is 1.04. The van der Waals surface area contributed by atoms with E-state index in [2.05, 4.69) is 43.7 Å². The predicted octanol–water partition coefficient (Wildman–Crippen LogP) is 3.24. The Morgan fingerprint density at radius 3 is 2.52 bits per heavy atom. The zero-order valence-corrected chi connectivity index (χ0v) is 13.4. The Labute approximate surface area is 132 Å². The van der Waals surface area contributed by atoms with Crippen molar-refractivity contribution in [1.29, 1.82) is 0 Å². The van der Waals surface area contributed by atoms with Crippen LogP contribution in [0.1, 0.15) is 18.9 Å². The van der Waals surface area contributed by atoms with Crippen LogP contribution in [0.5, 0.6) is 0 Å². The highest BCUT2D eigenvalue weighted by molar-refractivity contribution is 9.10. The first-order valence-corrected chi connectivity index (χ1v) is 7.59. The smallest absolute Gasteiger partial charge is 0.230 e. The first-order valence-electron chi connectivity index (χ1n) is 6.80. The number of amides is 1. The molecule has 0 saturated carbocycles. The zero-order chi connectivity index (χ0) is 15.1. The highest BCUT2D eigenvalue weighted by atomic mass is 79.9. The Morgan fingerprint density at radius 1 is 1.14 bits per heavy atom. The van der Waals surface area contributed by atoms with Gasteiger partial charge in [-0.15, -0.1) is 10.2 Å². The molecule has 0 spiro atoms. The summed E-state index contributed by atoms with van der Waals surface area (Å²) in [7, 11) is 0. The molecule has 0 radical (unpaired) electrons. The van der Waals surface area contributed by atoms with Crippen LogP contribution in [0.2, 0.25) is 0 Å². The first kappa shape index (κ1) is 15.4. The van der Waals surface area contributed by atoms with Gasteiger partial charge in [-0.05, 0) is 30.2 Å². The number of carbonyl (C=O) groups is 1. The molecule has 2 rings (SSSR count). The molecule has 1 amide bonds. The van der Waals surface area contributed by atoms with Crippen LogP contribution in [0.4, 0.5) is 11.6 Å². The molecule has 2 aromatic rings. The van der Waals surface area contributed by atoms with Crippen molar-refractivity contribution in [3.63, 3.8) is 0 Å². The highest BCUT2D eigenvalue weighted by Crippen LogP contribution is 2.16. The molecule has 0 fully saturated rings. The van der Waals surface area contributed by atoms with Gasteiger partial charge in [0, 0.05) is 11.0 Å². The van der Waals surface area contributed by atoms with Gasteiger partial charge in [0.05, 0.1) is 6.42 Å². The van der Waals surface area contributed by atoms with Crippen LogP contribution in [-0.2, 0) is 11.2 Å². The Morgan fingerprint density at radius 2 is 1.86 bits per heavy atom. The van der Waals surface area contributed by atoms with Crippen molar-refractivity contribution in [2.75, 3.05) is 17.2 Å². The summed E-state index contributed by atoms with van der Waals surface area (Å²) in [6.07, 6.45) is 1.31. The maximum Gasteiger partial charge on any atom is 0.230 e. The van der Waals surface area contributed by atoms with Gasteiger partial charge in [0.1, 0.15) is 5.82 Å². The fourth-order valence-electron chi connectivity index (χ4n) is 1.75. The van der Waals surface area contributed by atoms with Gasteiger partial charge in [0.2, 0.25) is 5.91 Å². The first-order chi connectivity index (χ1) is 10.2. The molecule has 6 heteroatoms. The summed E-state index contributed by atoms with van der Waals surface area (Å²) in [6, 6.07) is 11.2. The van der Waals surface area contributed by atoms with Crippen molar-refractivity contribution in [3.05, 3.63) is 46.4 Å². The SMILES string of the molecule is CCCNc1ccc(NC(=O)Cc2ccccc2Br)nn1. The molecule has 0 aliphatic rings. The molecule has 0 unspecified atom stereocenters. The standard InChI is InChI=1S/C15H17BrN4O/c1-2-9-17-13-7-8-14(20-19-13)18-15(21)10-11-5-3-4-6-12(11)16/h3-8H,2,9-10H2,1H3,(H,17,19)(H,18,20,21). The van der Waals surface area contributed by atoms with Gasteiger partial charge >= 0.3 is 0 Å². The number of rotatable bonds is 6. The van der Waals surface area contributed by atoms with E-state index in [0.717, 1.165) is 23.0 Å². The lowest BCUT2D eigenvalue weighted by Crippen LogP contribution is -2.16. The molecule has 0 aliphatic carbocycles. The summed E-state index contributed by atoms with van der Waals surface area (Å²) >= 11 is 3.43. The number of hydrogen-bond donors (Lipinski definition) is 2. The number of nitrogens with one attached hydrogen (secondary N) is 2. The minimum atomic E-state index is -0.120. The Hall–Kier alpha value is -1.95. The van der Waals surface area contributed by atoms with Crippen LogP contribution in [0.15, 0.2) is 40.9 Å². The molecule has 0 saturated heterocycles. The average molecular weight is 349 g/mol. The van der Waals surface area contributed by atoms with Gasteiger partial charge in [-0.2, -0.15) is 0 Å². The second-order valence-electron chi connectivity index (χ2n) is 4.55. The minimum absolute atomic E-state index is 0.120. The van der Waals surface area contributed by atoms with Crippen LogP contribution in [-0.4, -0.2) is 22.6 Å². The van der Waals surface area contributed by atoms with E-state index in [0.29, 0.717) is 18.1 Å². The lowest BCUT2D eigenvalue weighted by Gasteiger charge is -2.07. The third-order valence-corrected chi connectivity index (χ3v) is 3.57. The predicted molar refractivity (Wildman–Crippen MR) is 87.3 cm³/mol. The number of benzene rings is 1. The minimum Gasteiger partial charge on any atom is -0.369 e. The topological polar surface area (TPSA) is 66.9 Å². The van der Waals surface area contributed by atoms with E-state index in [4.69, 9.17) is 0 Å². The number of halogens is 1. The van der Waals surface area contributed by atoms with Crippen molar-refractivity contribution in [3.8, 4) is 0 Å². The number of nitrogens with zero attached hydrogens (tertiary/aromatic N) is 2. The van der Waals surface area contributed by atoms with E-state index in [1.165, 1.54) is 0 Å². The van der Waals surface area contributed by atoms with Gasteiger partial charge in [0.15, 0.2) is 5.82 Å². The fraction of sp³-hybridized carbons (Fsp3) is 0.267. The Kier molecular flexibility index (Phi) is 5.68. The van der Waals surface area contributed by atoms with E-state index in [1.807, 2.05) is 24.3 Å². The number of carbonyl (C=O) groups excluding carboxylic acids is 1. The second-order valence-corrected chi connectivity index (χ2v) is 5.40. The van der Waals surface area contributed by atoms with Crippen LogP contribution < -0.4 is 10.6 Å². The monoisotopic (exact) mass is 348 g/mol. The second kappa shape index (κ2) is 7.73. The van der Waals surface area contributed by atoms with Crippen LogP contribution in [0, 0.1) is 0 Å². The van der Waals surface area contributed by atoms with Gasteiger partial charge < -0.3 is 10.6 Å². The molecular formula is C15H17BrN4O. The molecular weight excluding hydrogens is 332 g/mol. The van der Waals surface area contributed by atoms with E-state index in [1.54, 1.807) is 12.1 Å². The average Bonchev–Trinajstić information content (AvgIpc) is 2.49. The summed E-state index contributed by atoms with van der Waals surface area (Å²) in [4.78, 5) is 12.0. The lowest BCUT2D eigenvalue weighted by atomic mass is 10.1. The molecule has 0 atom stereocenters. The van der Waals surface area contributed by atoms with Crippen molar-refractivity contribution in [2.24, 2.45) is 0 Å². The Bertz CT molecular complexity index is 601.